The highest BCUT2D eigenvalue weighted by atomic mass is 35.5. The second-order valence-corrected chi connectivity index (χ2v) is 16.1. The Morgan fingerprint density at radius 3 is 0.537 bits per heavy atom. The number of aliphatic carboxylic acids is 2. The standard InChI is InChI=1S/C7H13NO3.C6H12N2O3.C6H11NO3.C5H11NO2.4C5H11NO.C2H4O2.17C2H6.16CH4.ClH/c1-6(9)8-5-3-4-7(10)11-2;1-5(9)7-4-2-3-6(10)8-11;1-5(8)7-4-2-3-6(9)10;1-8-5(7)3-2-4-6;4*1-4(2)5(6)3-7;1-2(3)4;17*1-2;;;;;;;;;;;;;;;;;/h3-5H2,1-2H3,(H,8,9);11H,2-4H2,1H3,(H,7,9)(H,8,10);2-4H2,1H3,(H,7,8)(H,9,10);2-4,6H2,1H3;4*3-5H,6H2,1-2H3;1H3,(H,3,4);17*1-2H3;16*1H4;1H/t;;;;4*5-;;;;;;;;;;;;;;;;;;;;;;;;;;;;;;;;;;;/m....1111.................................../s1. The Hall–Kier alpha value is -5.51. The summed E-state index contributed by atoms with van der Waals surface area (Å²) in [5, 5.41) is 31.2. The number of hydroxylamine groups is 1. The second kappa shape index (κ2) is 374. The summed E-state index contributed by atoms with van der Waals surface area (Å²) in [5.74, 6) is -1.73. The Morgan fingerprint density at radius 2 is 0.439 bits per heavy atom. The number of hydrogen-bond donors (Lipinski definition) is 12. The minimum Gasteiger partial charge on any atom is -0.481 e. The van der Waals surface area contributed by atoms with Gasteiger partial charge < -0.3 is 83.5 Å². The summed E-state index contributed by atoms with van der Waals surface area (Å²) in [7, 11) is 2.72. The molecule has 0 saturated carbocycles. The fraction of sp³-hybridized carbons (Fsp3) is 0.875. The Kier molecular flexibility index (Phi) is 873. The lowest BCUT2D eigenvalue weighted by Gasteiger charge is -2.04. The van der Waals surface area contributed by atoms with Crippen LogP contribution in [0.3, 0.4) is 0 Å². The predicted octanol–water partition coefficient (Wildman–Crippen LogP) is 28.2. The lowest BCUT2D eigenvalue weighted by molar-refractivity contribution is -0.141. The number of carboxylic acids is 2. The quantitative estimate of drug-likeness (QED) is 0.0149. The van der Waals surface area contributed by atoms with Crippen molar-refractivity contribution < 1.29 is 82.4 Å². The molecule has 0 aliphatic heterocycles. The van der Waals surface area contributed by atoms with Crippen LogP contribution in [-0.4, -0.2) is 153 Å². The predicted molar refractivity (Wildman–Crippen MR) is 580 cm³/mol. The first kappa shape index (κ1) is 287. The van der Waals surface area contributed by atoms with Crippen molar-refractivity contribution in [3.8, 4) is 0 Å². The molecular formula is C96H262ClN9O17. The van der Waals surface area contributed by atoms with E-state index in [0.29, 0.717) is 64.7 Å². The molecule has 4 atom stereocenters. The molecule has 0 unspecified atom stereocenters. The van der Waals surface area contributed by atoms with E-state index in [9.17, 15) is 52.7 Å². The number of amides is 4. The van der Waals surface area contributed by atoms with E-state index < -0.39 is 17.8 Å². The van der Waals surface area contributed by atoms with Gasteiger partial charge in [0.25, 0.3) is 5.97 Å². The first-order chi connectivity index (χ1) is 50.2. The van der Waals surface area contributed by atoms with Crippen LogP contribution in [0.15, 0.2) is 0 Å². The maximum absolute atomic E-state index is 10.5. The number of esters is 2. The Morgan fingerprint density at radius 1 is 0.301 bits per heavy atom. The lowest BCUT2D eigenvalue weighted by Crippen LogP contribution is -2.27. The molecule has 0 rings (SSSR count). The third-order valence-corrected chi connectivity index (χ3v) is 7.70. The van der Waals surface area contributed by atoms with Gasteiger partial charge in [0.15, 0.2) is 0 Å². The average molecular weight is 1850 g/mol. The van der Waals surface area contributed by atoms with E-state index in [2.05, 4.69) is 25.4 Å². The van der Waals surface area contributed by atoms with Gasteiger partial charge in [0.1, 0.15) is 25.1 Å². The summed E-state index contributed by atoms with van der Waals surface area (Å²) in [4.78, 5) is 120. The molecule has 0 aliphatic rings. The average Bonchev–Trinajstić information content (AvgIpc) is 1.07. The number of rotatable bonds is 23. The van der Waals surface area contributed by atoms with Crippen LogP contribution < -0.4 is 50.1 Å². The van der Waals surface area contributed by atoms with Crippen LogP contribution in [0.5, 0.6) is 0 Å². The van der Waals surface area contributed by atoms with E-state index in [4.69, 9.17) is 48.9 Å². The van der Waals surface area contributed by atoms with Crippen molar-refractivity contribution in [2.24, 2.45) is 52.3 Å². The van der Waals surface area contributed by atoms with Crippen LogP contribution in [-0.2, 0) is 67.0 Å². The Bertz CT molecular complexity index is 1310. The van der Waals surface area contributed by atoms with Crippen molar-refractivity contribution in [1.82, 2.24) is 21.4 Å². The van der Waals surface area contributed by atoms with Crippen molar-refractivity contribution in [3.63, 3.8) is 0 Å². The highest BCUT2D eigenvalue weighted by Crippen LogP contribution is 1.95. The van der Waals surface area contributed by atoms with Gasteiger partial charge in [-0.1, -0.05) is 410 Å². The lowest BCUT2D eigenvalue weighted by atomic mass is 10.1. The van der Waals surface area contributed by atoms with Gasteiger partial charge in [-0.25, -0.2) is 5.48 Å². The molecule has 0 bridgehead atoms. The van der Waals surface area contributed by atoms with Gasteiger partial charge >= 0.3 is 17.9 Å². The SMILES string of the molecule is C.C.C.C.C.C.C.C.C.C.C.C.C.C.C.C.CC.CC.CC.CC.CC.CC.CC.CC.CC.CC.CC.CC.CC.CC.CC.CC.CC.CC(=O)NCCCC(=O)NO.CC(=O)NCCCC(=O)O.CC(=O)O.CC(C)[C@H](N)C=O.CC(C)[C@H](N)C=O.CC(C)[C@H](N)C=O.CC(C)[C@H](N)C=O.COC(=O)CCCN.COC(=O)CCCNC(C)=O.Cl. The zero-order chi connectivity index (χ0) is 92.8. The second-order valence-electron chi connectivity index (χ2n) is 16.1. The summed E-state index contributed by atoms with van der Waals surface area (Å²) >= 11 is 0. The number of nitrogens with two attached hydrogens (primary N) is 5. The number of carbonyl (C=O) groups is 12. The summed E-state index contributed by atoms with van der Waals surface area (Å²) in [5.41, 5.74) is 27.6. The van der Waals surface area contributed by atoms with Gasteiger partial charge in [-0.3, -0.25) is 43.6 Å². The maximum atomic E-state index is 10.5. The molecule has 123 heavy (non-hydrogen) atoms. The molecule has 4 amide bonds. The summed E-state index contributed by atoms with van der Waals surface area (Å²) in [6.45, 7) is 90.7. The van der Waals surface area contributed by atoms with E-state index in [1.54, 1.807) is 0 Å². The molecule has 0 radical (unpaired) electrons. The van der Waals surface area contributed by atoms with Gasteiger partial charge in [0.2, 0.25) is 23.6 Å². The van der Waals surface area contributed by atoms with Crippen molar-refractivity contribution in [1.29, 1.82) is 0 Å². The third-order valence-electron chi connectivity index (χ3n) is 7.70. The van der Waals surface area contributed by atoms with E-state index in [1.165, 1.54) is 40.5 Å². The van der Waals surface area contributed by atoms with Crippen molar-refractivity contribution in [2.75, 3.05) is 40.4 Å². The molecular weight excluding hydrogens is 1590 g/mol. The Balaban J connectivity index is -0.0000000135. The fourth-order valence-corrected chi connectivity index (χ4v) is 2.65. The van der Waals surface area contributed by atoms with Gasteiger partial charge in [-0.15, -0.1) is 12.4 Å². The molecule has 0 aromatic heterocycles. The molecule has 0 saturated heterocycles. The summed E-state index contributed by atoms with van der Waals surface area (Å²) in [6, 6.07) is -1.11. The Labute approximate surface area is 790 Å². The number of methoxy groups -OCH3 is 2. The number of halogens is 1. The van der Waals surface area contributed by atoms with E-state index in [0.717, 1.165) is 32.1 Å². The van der Waals surface area contributed by atoms with E-state index >= 15 is 0 Å². The maximum Gasteiger partial charge on any atom is 0.305 e. The number of carbonyl (C=O) groups excluding carboxylic acids is 10. The fourth-order valence-electron chi connectivity index (χ4n) is 2.65. The third kappa shape index (κ3) is 623. The molecule has 800 valence electrons. The van der Waals surface area contributed by atoms with Crippen molar-refractivity contribution in [3.05, 3.63) is 0 Å². The van der Waals surface area contributed by atoms with Crippen LogP contribution in [0.2, 0.25) is 0 Å². The molecule has 0 fully saturated rings. The zero-order valence-electron chi connectivity index (χ0n) is 79.8. The largest absolute Gasteiger partial charge is 0.481 e. The molecule has 27 heteroatoms. The molecule has 0 aromatic carbocycles. The summed E-state index contributed by atoms with van der Waals surface area (Å²) in [6.07, 6.45) is 6.57. The van der Waals surface area contributed by atoms with Crippen LogP contribution in [0.1, 0.15) is 489 Å². The van der Waals surface area contributed by atoms with Gasteiger partial charge in [-0.2, -0.15) is 0 Å². The number of aldehydes is 4. The first-order valence-electron chi connectivity index (χ1n) is 40.0. The van der Waals surface area contributed by atoms with Crippen LogP contribution in [0, 0.1) is 23.7 Å². The molecule has 0 aromatic rings. The van der Waals surface area contributed by atoms with Crippen molar-refractivity contribution >= 4 is 85.1 Å². The van der Waals surface area contributed by atoms with Crippen LogP contribution >= 0.6 is 12.4 Å². The van der Waals surface area contributed by atoms with E-state index in [-0.39, 0.29) is 222 Å². The normalized spacial score (nSPS) is 7.17. The van der Waals surface area contributed by atoms with E-state index in [1.807, 2.05) is 291 Å². The van der Waals surface area contributed by atoms with Gasteiger partial charge in [0, 0.05) is 73.0 Å². The number of nitrogens with one attached hydrogen (secondary N) is 4. The number of carboxylic acid groups (broad SMARTS) is 2. The van der Waals surface area contributed by atoms with Gasteiger partial charge in [-0.05, 0) is 55.9 Å². The molecule has 0 heterocycles. The molecule has 26 nitrogen and oxygen atoms in total. The zero-order valence-corrected chi connectivity index (χ0v) is 80.6. The molecule has 0 aliphatic carbocycles. The monoisotopic (exact) mass is 1850 g/mol. The minimum absolute atomic E-state index is 0. The highest BCUT2D eigenvalue weighted by molar-refractivity contribution is 5.85. The minimum atomic E-state index is -0.833. The first-order valence-corrected chi connectivity index (χ1v) is 40.0. The summed E-state index contributed by atoms with van der Waals surface area (Å²) < 4.78 is 8.76. The smallest absolute Gasteiger partial charge is 0.305 e. The highest BCUT2D eigenvalue weighted by Gasteiger charge is 2.05. The molecule has 17 N–H and O–H groups in total. The van der Waals surface area contributed by atoms with Gasteiger partial charge in [0.05, 0.1) is 38.4 Å². The van der Waals surface area contributed by atoms with Crippen LogP contribution in [0.25, 0.3) is 0 Å². The number of ether oxygens (including phenoxy) is 2. The van der Waals surface area contributed by atoms with Crippen LogP contribution in [0.4, 0.5) is 0 Å². The topological polar surface area (TPSA) is 462 Å². The molecule has 0 spiro atoms. The van der Waals surface area contributed by atoms with Crippen molar-refractivity contribution in [2.45, 2.75) is 513 Å². The number of hydrogen-bond acceptors (Lipinski definition) is 20.